The molecule has 2 N–H and O–H groups in total. The molecule has 0 spiro atoms. The summed E-state index contributed by atoms with van der Waals surface area (Å²) >= 11 is 6.12. The molecule has 2 amide bonds. The molecule has 0 aromatic heterocycles. The van der Waals surface area contributed by atoms with Crippen molar-refractivity contribution in [2.24, 2.45) is 0 Å². The first-order valence-corrected chi connectivity index (χ1v) is 10.7. The second-order valence-corrected chi connectivity index (χ2v) is 7.60. The van der Waals surface area contributed by atoms with Crippen molar-refractivity contribution >= 4 is 23.4 Å². The van der Waals surface area contributed by atoms with E-state index in [9.17, 15) is 14.0 Å². The van der Waals surface area contributed by atoms with Crippen LogP contribution in [0, 0.1) is 5.82 Å². The minimum Gasteiger partial charge on any atom is -0.482 e. The van der Waals surface area contributed by atoms with E-state index in [1.165, 1.54) is 17.0 Å². The molecule has 0 saturated carbocycles. The summed E-state index contributed by atoms with van der Waals surface area (Å²) < 4.78 is 19.0. The molecule has 0 aliphatic heterocycles. The van der Waals surface area contributed by atoms with Crippen molar-refractivity contribution in [2.45, 2.75) is 12.6 Å². The number of carbonyl (C=O) groups is 2. The number of carbonyl (C=O) groups excluding carboxylic acids is 2. The molecule has 3 rings (SSSR count). The number of aliphatic hydroxyl groups excluding tert-OH is 1. The van der Waals surface area contributed by atoms with Gasteiger partial charge in [0.1, 0.15) is 17.6 Å². The van der Waals surface area contributed by atoms with Gasteiger partial charge in [0.15, 0.2) is 6.61 Å². The Morgan fingerprint density at radius 2 is 1.67 bits per heavy atom. The van der Waals surface area contributed by atoms with Gasteiger partial charge in [0.05, 0.1) is 11.6 Å². The van der Waals surface area contributed by atoms with E-state index in [-0.39, 0.29) is 26.3 Å². The molecule has 33 heavy (non-hydrogen) atoms. The minimum absolute atomic E-state index is 0.0386. The summed E-state index contributed by atoms with van der Waals surface area (Å²) in [5.74, 6) is -0.982. The fraction of sp³-hybridized carbons (Fsp3) is 0.200. The van der Waals surface area contributed by atoms with Crippen molar-refractivity contribution in [3.05, 3.63) is 101 Å². The zero-order chi connectivity index (χ0) is 23.6. The Balaban J connectivity index is 1.93. The number of para-hydroxylation sites is 1. The number of hydrogen-bond donors (Lipinski definition) is 2. The Kier molecular flexibility index (Phi) is 8.80. The molecule has 3 aromatic rings. The van der Waals surface area contributed by atoms with Crippen LogP contribution in [0.3, 0.4) is 0 Å². The highest BCUT2D eigenvalue weighted by Gasteiger charge is 2.31. The van der Waals surface area contributed by atoms with E-state index in [1.807, 2.05) is 0 Å². The molecule has 0 saturated heterocycles. The van der Waals surface area contributed by atoms with Crippen LogP contribution in [0.25, 0.3) is 0 Å². The third kappa shape index (κ3) is 6.78. The largest absolute Gasteiger partial charge is 0.482 e. The van der Waals surface area contributed by atoms with Crippen LogP contribution in [0.4, 0.5) is 4.39 Å². The predicted octanol–water partition coefficient (Wildman–Crippen LogP) is 3.74. The fourth-order valence-electron chi connectivity index (χ4n) is 3.28. The maximum absolute atomic E-state index is 13.4. The molecular weight excluding hydrogens is 447 g/mol. The van der Waals surface area contributed by atoms with Gasteiger partial charge in [-0.3, -0.25) is 9.59 Å². The summed E-state index contributed by atoms with van der Waals surface area (Å²) in [4.78, 5) is 27.8. The molecule has 0 aliphatic carbocycles. The predicted molar refractivity (Wildman–Crippen MR) is 123 cm³/mol. The number of nitrogens with one attached hydrogen (secondary N) is 1. The lowest BCUT2D eigenvalue weighted by Crippen LogP contribution is -2.45. The minimum atomic E-state index is -0.995. The summed E-state index contributed by atoms with van der Waals surface area (Å²) in [5, 5.41) is 12.1. The quantitative estimate of drug-likeness (QED) is 0.473. The number of rotatable bonds is 10. The summed E-state index contributed by atoms with van der Waals surface area (Å²) in [6, 6.07) is 20.3. The number of hydrogen-bond acceptors (Lipinski definition) is 4. The second-order valence-electron chi connectivity index (χ2n) is 7.20. The molecule has 0 radical (unpaired) electrons. The Labute approximate surface area is 196 Å². The summed E-state index contributed by atoms with van der Waals surface area (Å²) in [7, 11) is 0. The second kappa shape index (κ2) is 12.0. The SMILES string of the molecule is O=C(NCCO)C(c1ccccc1)N(Cc1ccc(F)cc1)C(=O)COc1ccccc1Cl. The van der Waals surface area contributed by atoms with Gasteiger partial charge in [-0.2, -0.15) is 0 Å². The van der Waals surface area contributed by atoms with Crippen molar-refractivity contribution in [2.75, 3.05) is 19.8 Å². The molecular formula is C25H24ClFN2O4. The Hall–Kier alpha value is -3.42. The van der Waals surface area contributed by atoms with Gasteiger partial charge in [-0.15, -0.1) is 0 Å². The lowest BCUT2D eigenvalue weighted by molar-refractivity contribution is -0.143. The van der Waals surface area contributed by atoms with Crippen LogP contribution in [-0.4, -0.2) is 41.6 Å². The van der Waals surface area contributed by atoms with E-state index in [0.717, 1.165) is 0 Å². The average molecular weight is 471 g/mol. The van der Waals surface area contributed by atoms with Crippen molar-refractivity contribution in [3.8, 4) is 5.75 Å². The van der Waals surface area contributed by atoms with E-state index in [0.29, 0.717) is 21.9 Å². The van der Waals surface area contributed by atoms with Crippen LogP contribution >= 0.6 is 11.6 Å². The van der Waals surface area contributed by atoms with Gasteiger partial charge in [-0.05, 0) is 35.4 Å². The lowest BCUT2D eigenvalue weighted by Gasteiger charge is -2.31. The lowest BCUT2D eigenvalue weighted by atomic mass is 10.0. The van der Waals surface area contributed by atoms with Gasteiger partial charge >= 0.3 is 0 Å². The molecule has 0 aliphatic rings. The molecule has 1 unspecified atom stereocenters. The van der Waals surface area contributed by atoms with E-state index in [1.54, 1.807) is 66.7 Å². The van der Waals surface area contributed by atoms with Gasteiger partial charge in [0, 0.05) is 13.1 Å². The topological polar surface area (TPSA) is 78.9 Å². The Morgan fingerprint density at radius 3 is 2.33 bits per heavy atom. The monoisotopic (exact) mass is 470 g/mol. The van der Waals surface area contributed by atoms with E-state index < -0.39 is 23.7 Å². The number of aliphatic hydroxyl groups is 1. The maximum atomic E-state index is 13.4. The van der Waals surface area contributed by atoms with E-state index in [2.05, 4.69) is 5.32 Å². The fourth-order valence-corrected chi connectivity index (χ4v) is 3.47. The molecule has 0 bridgehead atoms. The molecule has 0 fully saturated rings. The molecule has 0 heterocycles. The van der Waals surface area contributed by atoms with Crippen molar-refractivity contribution < 1.29 is 23.8 Å². The third-order valence-electron chi connectivity index (χ3n) is 4.86. The van der Waals surface area contributed by atoms with Gasteiger partial charge in [-0.1, -0.05) is 66.2 Å². The van der Waals surface area contributed by atoms with Crippen molar-refractivity contribution in [3.63, 3.8) is 0 Å². The number of ether oxygens (including phenoxy) is 1. The zero-order valence-corrected chi connectivity index (χ0v) is 18.5. The molecule has 1 atom stereocenters. The molecule has 3 aromatic carbocycles. The highest BCUT2D eigenvalue weighted by molar-refractivity contribution is 6.32. The molecule has 8 heteroatoms. The van der Waals surface area contributed by atoms with Gasteiger partial charge in [0.2, 0.25) is 5.91 Å². The first kappa shape index (κ1) is 24.2. The average Bonchev–Trinajstić information content (AvgIpc) is 2.83. The first-order chi connectivity index (χ1) is 16.0. The van der Waals surface area contributed by atoms with Crippen LogP contribution in [0.15, 0.2) is 78.9 Å². The van der Waals surface area contributed by atoms with Crippen LogP contribution in [0.2, 0.25) is 5.02 Å². The Bertz CT molecular complexity index is 1060. The highest BCUT2D eigenvalue weighted by atomic mass is 35.5. The van der Waals surface area contributed by atoms with Crippen LogP contribution in [-0.2, 0) is 16.1 Å². The highest BCUT2D eigenvalue weighted by Crippen LogP contribution is 2.26. The van der Waals surface area contributed by atoms with Gasteiger partial charge in [-0.25, -0.2) is 4.39 Å². The normalized spacial score (nSPS) is 11.5. The van der Waals surface area contributed by atoms with Crippen molar-refractivity contribution in [1.29, 1.82) is 0 Å². The van der Waals surface area contributed by atoms with E-state index >= 15 is 0 Å². The van der Waals surface area contributed by atoms with Crippen LogP contribution in [0.1, 0.15) is 17.2 Å². The number of amides is 2. The zero-order valence-electron chi connectivity index (χ0n) is 17.8. The Morgan fingerprint density at radius 1 is 1.00 bits per heavy atom. The van der Waals surface area contributed by atoms with Crippen LogP contribution < -0.4 is 10.1 Å². The smallest absolute Gasteiger partial charge is 0.261 e. The number of benzene rings is 3. The maximum Gasteiger partial charge on any atom is 0.261 e. The van der Waals surface area contributed by atoms with Gasteiger partial charge < -0.3 is 20.1 Å². The molecule has 172 valence electrons. The first-order valence-electron chi connectivity index (χ1n) is 10.3. The third-order valence-corrected chi connectivity index (χ3v) is 5.17. The standard InChI is InChI=1S/C25H24ClFN2O4/c26-21-8-4-5-9-22(21)33-17-23(31)29(16-18-10-12-20(27)13-11-18)24(25(32)28-14-15-30)19-6-2-1-3-7-19/h1-13,24,30H,14-17H2,(H,28,32). The number of halogens is 2. The van der Waals surface area contributed by atoms with Gasteiger partial charge in [0.25, 0.3) is 5.91 Å². The summed E-state index contributed by atoms with van der Waals surface area (Å²) in [5.41, 5.74) is 1.22. The van der Waals surface area contributed by atoms with E-state index in [4.69, 9.17) is 21.4 Å². The van der Waals surface area contributed by atoms with Crippen LogP contribution in [0.5, 0.6) is 5.75 Å². The van der Waals surface area contributed by atoms with Crippen molar-refractivity contribution in [1.82, 2.24) is 10.2 Å². The summed E-state index contributed by atoms with van der Waals surface area (Å²) in [6.07, 6.45) is 0. The summed E-state index contributed by atoms with van der Waals surface area (Å²) in [6.45, 7) is -0.524. The molecule has 6 nitrogen and oxygen atoms in total. The number of nitrogens with zero attached hydrogens (tertiary/aromatic N) is 1.